The van der Waals surface area contributed by atoms with Gasteiger partial charge in [0.2, 0.25) is 0 Å². The zero-order valence-corrected chi connectivity index (χ0v) is 20.3. The first-order chi connectivity index (χ1) is 16.9. The molecule has 0 bridgehead atoms. The highest BCUT2D eigenvalue weighted by Crippen LogP contribution is 2.37. The second-order valence-corrected chi connectivity index (χ2v) is 7.73. The van der Waals surface area contributed by atoms with E-state index in [1.165, 1.54) is 0 Å². The average molecular weight is 474 g/mol. The molecular formula is C27H27N3O5. The number of ether oxygens (including phenoxy) is 4. The molecular weight excluding hydrogens is 446 g/mol. The normalized spacial score (nSPS) is 10.5. The van der Waals surface area contributed by atoms with E-state index in [9.17, 15) is 4.79 Å². The number of pyridine rings is 1. The molecule has 0 radical (unpaired) electrons. The van der Waals surface area contributed by atoms with Crippen molar-refractivity contribution in [3.8, 4) is 28.7 Å². The highest BCUT2D eigenvalue weighted by molar-refractivity contribution is 6.02. The highest BCUT2D eigenvalue weighted by atomic mass is 16.5. The first kappa shape index (κ1) is 23.7. The van der Waals surface area contributed by atoms with Gasteiger partial charge in [0.1, 0.15) is 17.2 Å². The topological polar surface area (TPSA) is 73.4 Å². The molecule has 0 atom stereocenters. The molecule has 4 aromatic rings. The highest BCUT2D eigenvalue weighted by Gasteiger charge is 2.18. The minimum Gasteiger partial charge on any atom is -0.497 e. The van der Waals surface area contributed by atoms with E-state index in [2.05, 4.69) is 4.98 Å². The van der Waals surface area contributed by atoms with Crippen LogP contribution in [0.5, 0.6) is 28.7 Å². The summed E-state index contributed by atoms with van der Waals surface area (Å²) in [5.74, 6) is 3.18. The second-order valence-electron chi connectivity index (χ2n) is 7.73. The zero-order chi connectivity index (χ0) is 24.9. The number of nitrogens with zero attached hydrogens (tertiary/aromatic N) is 3. The van der Waals surface area contributed by atoms with E-state index in [-0.39, 0.29) is 6.03 Å². The van der Waals surface area contributed by atoms with Crippen LogP contribution in [0.4, 0.5) is 16.2 Å². The van der Waals surface area contributed by atoms with E-state index in [4.69, 9.17) is 18.9 Å². The third kappa shape index (κ3) is 4.91. The van der Waals surface area contributed by atoms with Gasteiger partial charge >= 0.3 is 6.03 Å². The molecule has 1 heterocycles. The second kappa shape index (κ2) is 10.2. The van der Waals surface area contributed by atoms with E-state index < -0.39 is 0 Å². The number of methoxy groups -OCH3 is 3. The zero-order valence-electron chi connectivity index (χ0n) is 20.3. The van der Waals surface area contributed by atoms with Crippen molar-refractivity contribution >= 4 is 28.3 Å². The van der Waals surface area contributed by atoms with Crippen LogP contribution in [0.2, 0.25) is 0 Å². The van der Waals surface area contributed by atoms with Crippen molar-refractivity contribution in [1.29, 1.82) is 0 Å². The van der Waals surface area contributed by atoms with Gasteiger partial charge in [-0.15, -0.1) is 0 Å². The van der Waals surface area contributed by atoms with Crippen molar-refractivity contribution < 1.29 is 23.7 Å². The predicted molar refractivity (Wildman–Crippen MR) is 137 cm³/mol. The number of hydrogen-bond acceptors (Lipinski definition) is 6. The smallest absolute Gasteiger partial charge is 0.328 e. The van der Waals surface area contributed by atoms with Gasteiger partial charge in [-0.05, 0) is 60.7 Å². The van der Waals surface area contributed by atoms with Gasteiger partial charge in [-0.25, -0.2) is 4.79 Å². The first-order valence-corrected chi connectivity index (χ1v) is 10.9. The molecule has 8 heteroatoms. The number of amides is 2. The van der Waals surface area contributed by atoms with Gasteiger partial charge in [-0.1, -0.05) is 0 Å². The molecule has 1 aromatic heterocycles. The molecule has 0 aliphatic carbocycles. The maximum atomic E-state index is 13.0. The Balaban J connectivity index is 1.51. The molecule has 0 N–H and O–H groups in total. The Bertz CT molecular complexity index is 1320. The van der Waals surface area contributed by atoms with E-state index in [0.717, 1.165) is 28.0 Å². The summed E-state index contributed by atoms with van der Waals surface area (Å²) in [6.07, 6.45) is 1.68. The lowest BCUT2D eigenvalue weighted by Crippen LogP contribution is -2.38. The Morgan fingerprint density at radius 2 is 1.23 bits per heavy atom. The van der Waals surface area contributed by atoms with Gasteiger partial charge in [0.15, 0.2) is 11.5 Å². The number of anilines is 2. The Morgan fingerprint density at radius 1 is 0.686 bits per heavy atom. The summed E-state index contributed by atoms with van der Waals surface area (Å²) in [6, 6.07) is 19.9. The number of urea groups is 1. The molecule has 2 amide bonds. The number of carbonyl (C=O) groups excluding carboxylic acids is 1. The fourth-order valence-electron chi connectivity index (χ4n) is 3.65. The third-order valence-corrected chi connectivity index (χ3v) is 5.69. The van der Waals surface area contributed by atoms with Crippen LogP contribution in [0, 0.1) is 0 Å². The molecule has 0 aliphatic rings. The van der Waals surface area contributed by atoms with Crippen LogP contribution in [0.3, 0.4) is 0 Å². The van der Waals surface area contributed by atoms with Crippen molar-refractivity contribution in [3.05, 3.63) is 72.9 Å². The molecule has 0 fully saturated rings. The number of fused-ring (bicyclic) bond motifs is 1. The van der Waals surface area contributed by atoms with Gasteiger partial charge in [-0.2, -0.15) is 0 Å². The number of rotatable bonds is 7. The van der Waals surface area contributed by atoms with E-state index in [1.54, 1.807) is 57.5 Å². The summed E-state index contributed by atoms with van der Waals surface area (Å²) >= 11 is 0. The summed E-state index contributed by atoms with van der Waals surface area (Å²) in [6.45, 7) is 0. The van der Waals surface area contributed by atoms with Crippen LogP contribution < -0.4 is 28.7 Å². The lowest BCUT2D eigenvalue weighted by atomic mass is 10.2. The number of benzene rings is 3. The van der Waals surface area contributed by atoms with Gasteiger partial charge in [-0.3, -0.25) is 14.8 Å². The molecule has 4 rings (SSSR count). The van der Waals surface area contributed by atoms with Crippen LogP contribution in [0.15, 0.2) is 72.9 Å². The molecule has 0 saturated heterocycles. The van der Waals surface area contributed by atoms with Gasteiger partial charge in [0.25, 0.3) is 0 Å². The number of hydrogen-bond donors (Lipinski definition) is 0. The quantitative estimate of drug-likeness (QED) is 0.341. The van der Waals surface area contributed by atoms with Gasteiger partial charge in [0.05, 0.1) is 26.8 Å². The number of carbonyl (C=O) groups is 1. The summed E-state index contributed by atoms with van der Waals surface area (Å²) in [4.78, 5) is 20.6. The molecule has 0 spiro atoms. The Labute approximate surface area is 204 Å². The molecule has 8 nitrogen and oxygen atoms in total. The molecule has 0 unspecified atom stereocenters. The van der Waals surface area contributed by atoms with Crippen molar-refractivity contribution in [1.82, 2.24) is 4.98 Å². The fourth-order valence-corrected chi connectivity index (χ4v) is 3.65. The average Bonchev–Trinajstić information content (AvgIpc) is 2.91. The van der Waals surface area contributed by atoms with Crippen molar-refractivity contribution in [2.75, 3.05) is 45.2 Å². The lowest BCUT2D eigenvalue weighted by Gasteiger charge is -2.25. The summed E-state index contributed by atoms with van der Waals surface area (Å²) in [5, 5.41) is 0.794. The summed E-state index contributed by atoms with van der Waals surface area (Å²) < 4.78 is 22.1. The van der Waals surface area contributed by atoms with E-state index in [1.807, 2.05) is 60.7 Å². The van der Waals surface area contributed by atoms with Gasteiger partial charge in [0, 0.05) is 43.1 Å². The van der Waals surface area contributed by atoms with Crippen molar-refractivity contribution in [2.24, 2.45) is 0 Å². The standard InChI is InChI=1S/C27H27N3O5/c1-29(18-6-10-20(32-3)11-7-18)27(31)30(2)19-8-12-21(13-9-19)35-24-14-15-28-23-17-26(34-5)25(33-4)16-22(23)24/h6-17H,1-5H3. The monoisotopic (exact) mass is 473 g/mol. The Morgan fingerprint density at radius 3 is 1.77 bits per heavy atom. The summed E-state index contributed by atoms with van der Waals surface area (Å²) in [7, 11) is 8.24. The summed E-state index contributed by atoms with van der Waals surface area (Å²) in [5.41, 5.74) is 2.22. The van der Waals surface area contributed by atoms with Crippen LogP contribution in [0.1, 0.15) is 0 Å². The molecule has 180 valence electrons. The van der Waals surface area contributed by atoms with Crippen molar-refractivity contribution in [3.63, 3.8) is 0 Å². The maximum Gasteiger partial charge on any atom is 0.328 e. The lowest BCUT2D eigenvalue weighted by molar-refractivity contribution is 0.253. The molecule has 0 saturated carbocycles. The van der Waals surface area contributed by atoms with Gasteiger partial charge < -0.3 is 18.9 Å². The third-order valence-electron chi connectivity index (χ3n) is 5.69. The Hall–Kier alpha value is -4.46. The SMILES string of the molecule is COc1ccc(N(C)C(=O)N(C)c2ccc(Oc3ccnc4cc(OC)c(OC)cc34)cc2)cc1. The fraction of sp³-hybridized carbons (Fsp3) is 0.185. The van der Waals surface area contributed by atoms with Crippen LogP contribution in [0.25, 0.3) is 10.9 Å². The Kier molecular flexibility index (Phi) is 6.91. The minimum absolute atomic E-state index is 0.176. The van der Waals surface area contributed by atoms with Crippen molar-refractivity contribution in [2.45, 2.75) is 0 Å². The van der Waals surface area contributed by atoms with Crippen LogP contribution >= 0.6 is 0 Å². The van der Waals surface area contributed by atoms with E-state index in [0.29, 0.717) is 23.0 Å². The minimum atomic E-state index is -0.176. The molecule has 35 heavy (non-hydrogen) atoms. The molecule has 0 aliphatic heterocycles. The maximum absolute atomic E-state index is 13.0. The van der Waals surface area contributed by atoms with Crippen LogP contribution in [-0.2, 0) is 0 Å². The first-order valence-electron chi connectivity index (χ1n) is 10.9. The largest absolute Gasteiger partial charge is 0.497 e. The van der Waals surface area contributed by atoms with Crippen LogP contribution in [-0.4, -0.2) is 46.4 Å². The van der Waals surface area contributed by atoms with E-state index >= 15 is 0 Å². The predicted octanol–water partition coefficient (Wildman–Crippen LogP) is 5.75. The number of aromatic nitrogens is 1. The molecule has 3 aromatic carbocycles.